The molecule has 0 spiro atoms. The van der Waals surface area contributed by atoms with Crippen LogP contribution in [-0.2, 0) is 0 Å². The number of aromatic nitrogens is 1. The van der Waals surface area contributed by atoms with Gasteiger partial charge in [0.15, 0.2) is 5.56 Å². The lowest BCUT2D eigenvalue weighted by atomic mass is 10.1. The maximum atomic E-state index is 12.5. The lowest BCUT2D eigenvalue weighted by Gasteiger charge is -2.03. The van der Waals surface area contributed by atoms with Crippen molar-refractivity contribution in [3.05, 3.63) is 33.0 Å². The number of carboxylic acids is 1. The molecule has 0 aliphatic rings. The van der Waals surface area contributed by atoms with Crippen molar-refractivity contribution in [2.75, 3.05) is 0 Å². The van der Waals surface area contributed by atoms with Gasteiger partial charge in [0.1, 0.15) is 6.07 Å². The summed E-state index contributed by atoms with van der Waals surface area (Å²) >= 11 is 0. The number of carbonyl (C=O) groups is 1. The van der Waals surface area contributed by atoms with E-state index in [2.05, 4.69) is 4.98 Å². The summed E-state index contributed by atoms with van der Waals surface area (Å²) in [5.74, 6) is -2.89. The Morgan fingerprint density at radius 1 is 1.65 bits per heavy atom. The molecule has 0 radical (unpaired) electrons. The van der Waals surface area contributed by atoms with E-state index in [1.165, 1.54) is 6.07 Å². The summed E-state index contributed by atoms with van der Waals surface area (Å²) in [6.07, 6.45) is -3.20. The Labute approximate surface area is 92.1 Å². The summed E-state index contributed by atoms with van der Waals surface area (Å²) in [4.78, 5) is 22.9. The van der Waals surface area contributed by atoms with E-state index < -0.39 is 40.0 Å². The third-order valence-electron chi connectivity index (χ3n) is 1.77. The van der Waals surface area contributed by atoms with Crippen LogP contribution in [0.15, 0.2) is 6.07 Å². The van der Waals surface area contributed by atoms with Crippen molar-refractivity contribution in [1.29, 1.82) is 5.26 Å². The van der Waals surface area contributed by atoms with Crippen molar-refractivity contribution in [3.8, 4) is 6.07 Å². The van der Waals surface area contributed by atoms with E-state index in [0.717, 1.165) is 0 Å². The second-order valence-corrected chi connectivity index (χ2v) is 2.77. The maximum absolute atomic E-state index is 12.5. The van der Waals surface area contributed by atoms with Gasteiger partial charge in [0, 0.05) is 11.6 Å². The molecule has 0 atom stereocenters. The number of alkyl halides is 2. The Kier molecular flexibility index (Phi) is 3.28. The zero-order valence-corrected chi connectivity index (χ0v) is 7.92. The first kappa shape index (κ1) is 12.4. The molecule has 1 rings (SSSR count). The van der Waals surface area contributed by atoms with Crippen molar-refractivity contribution in [3.63, 3.8) is 0 Å². The van der Waals surface area contributed by atoms with E-state index in [0.29, 0.717) is 6.07 Å². The van der Waals surface area contributed by atoms with E-state index in [9.17, 15) is 23.7 Å². The molecule has 0 saturated heterocycles. The number of aromatic carboxylic acids is 1. The standard InChI is InChI=1S/C8H3F2N3O4/c9-6(10)3-1-5(8(14)15)12-7(13(16)17)4(3)2-11/h1,6H,(H,14,15). The number of nitrogens with zero attached hydrogens (tertiary/aromatic N) is 3. The van der Waals surface area contributed by atoms with Gasteiger partial charge in [-0.2, -0.15) is 5.26 Å². The van der Waals surface area contributed by atoms with Gasteiger partial charge in [-0.25, -0.2) is 13.6 Å². The SMILES string of the molecule is N#Cc1c(C(F)F)cc(C(=O)O)nc1[N+](=O)[O-]. The number of nitriles is 1. The number of rotatable bonds is 3. The van der Waals surface area contributed by atoms with Crippen LogP contribution in [-0.4, -0.2) is 21.0 Å². The summed E-state index contributed by atoms with van der Waals surface area (Å²) in [6.45, 7) is 0. The van der Waals surface area contributed by atoms with Crippen molar-refractivity contribution in [1.82, 2.24) is 4.98 Å². The Morgan fingerprint density at radius 2 is 2.24 bits per heavy atom. The van der Waals surface area contributed by atoms with Crippen LogP contribution < -0.4 is 0 Å². The van der Waals surface area contributed by atoms with Crippen LogP contribution in [0.25, 0.3) is 0 Å². The molecular formula is C8H3F2N3O4. The zero-order chi connectivity index (χ0) is 13.2. The Bertz CT molecular complexity index is 538. The predicted octanol–water partition coefficient (Wildman–Crippen LogP) is 1.50. The Hall–Kier alpha value is -2.63. The van der Waals surface area contributed by atoms with Crippen LogP contribution in [0.3, 0.4) is 0 Å². The quantitative estimate of drug-likeness (QED) is 0.634. The third-order valence-corrected chi connectivity index (χ3v) is 1.77. The van der Waals surface area contributed by atoms with Crippen LogP contribution in [0, 0.1) is 21.4 Å². The van der Waals surface area contributed by atoms with Crippen molar-refractivity contribution in [2.24, 2.45) is 0 Å². The molecule has 1 aromatic rings. The van der Waals surface area contributed by atoms with Crippen LogP contribution in [0.5, 0.6) is 0 Å². The van der Waals surface area contributed by atoms with Crippen molar-refractivity contribution < 1.29 is 23.6 Å². The largest absolute Gasteiger partial charge is 0.475 e. The average molecular weight is 243 g/mol. The van der Waals surface area contributed by atoms with Gasteiger partial charge in [0.05, 0.1) is 0 Å². The molecule has 17 heavy (non-hydrogen) atoms. The van der Waals surface area contributed by atoms with E-state index in [-0.39, 0.29) is 0 Å². The number of hydrogen-bond donors (Lipinski definition) is 1. The smallest absolute Gasteiger partial charge is 0.382 e. The molecule has 1 aromatic heterocycles. The van der Waals surface area contributed by atoms with Crippen LogP contribution >= 0.6 is 0 Å². The normalized spacial score (nSPS) is 10.0. The van der Waals surface area contributed by atoms with E-state index in [1.807, 2.05) is 0 Å². The van der Waals surface area contributed by atoms with Gasteiger partial charge in [0.2, 0.25) is 0 Å². The fourth-order valence-corrected chi connectivity index (χ4v) is 1.08. The first-order chi connectivity index (χ1) is 7.88. The molecular weight excluding hydrogens is 240 g/mol. The molecule has 9 heteroatoms. The minimum absolute atomic E-state index is 0.443. The van der Waals surface area contributed by atoms with Gasteiger partial charge in [-0.05, 0) is 9.91 Å². The minimum Gasteiger partial charge on any atom is -0.475 e. The Balaban J connectivity index is 3.64. The molecule has 0 aliphatic carbocycles. The molecule has 0 saturated carbocycles. The number of halogens is 2. The number of carboxylic acid groups (broad SMARTS) is 1. The summed E-state index contributed by atoms with van der Waals surface area (Å²) < 4.78 is 25.0. The second-order valence-electron chi connectivity index (χ2n) is 2.77. The molecule has 0 bridgehead atoms. The first-order valence-electron chi connectivity index (χ1n) is 3.99. The van der Waals surface area contributed by atoms with Gasteiger partial charge in [0.25, 0.3) is 12.1 Å². The van der Waals surface area contributed by atoms with Crippen LogP contribution in [0.2, 0.25) is 0 Å². The fourth-order valence-electron chi connectivity index (χ4n) is 1.08. The highest BCUT2D eigenvalue weighted by Crippen LogP contribution is 2.28. The molecule has 0 unspecified atom stereocenters. The third kappa shape index (κ3) is 2.31. The molecule has 0 aliphatic heterocycles. The lowest BCUT2D eigenvalue weighted by Crippen LogP contribution is -2.08. The molecule has 1 heterocycles. The van der Waals surface area contributed by atoms with Gasteiger partial charge in [-0.15, -0.1) is 0 Å². The van der Waals surface area contributed by atoms with Gasteiger partial charge >= 0.3 is 11.8 Å². The molecule has 0 fully saturated rings. The highest BCUT2D eigenvalue weighted by Gasteiger charge is 2.29. The maximum Gasteiger partial charge on any atom is 0.382 e. The van der Waals surface area contributed by atoms with Gasteiger partial charge in [-0.1, -0.05) is 0 Å². The average Bonchev–Trinajstić information content (AvgIpc) is 2.26. The Morgan fingerprint density at radius 3 is 2.59 bits per heavy atom. The monoisotopic (exact) mass is 243 g/mol. The predicted molar refractivity (Wildman–Crippen MR) is 47.5 cm³/mol. The number of nitro groups is 1. The van der Waals surface area contributed by atoms with Crippen LogP contribution in [0.4, 0.5) is 14.6 Å². The molecule has 7 nitrogen and oxygen atoms in total. The number of pyridine rings is 1. The summed E-state index contributed by atoms with van der Waals surface area (Å²) in [5.41, 5.74) is -2.87. The highest BCUT2D eigenvalue weighted by molar-refractivity contribution is 5.86. The second kappa shape index (κ2) is 4.48. The summed E-state index contributed by atoms with van der Waals surface area (Å²) in [7, 11) is 0. The van der Waals surface area contributed by atoms with E-state index in [4.69, 9.17) is 10.4 Å². The topological polar surface area (TPSA) is 117 Å². The van der Waals surface area contributed by atoms with Gasteiger partial charge in [-0.3, -0.25) is 0 Å². The fraction of sp³-hybridized carbons (Fsp3) is 0.125. The lowest BCUT2D eigenvalue weighted by molar-refractivity contribution is -0.390. The molecule has 0 aromatic carbocycles. The molecule has 1 N–H and O–H groups in total. The first-order valence-corrected chi connectivity index (χ1v) is 3.99. The van der Waals surface area contributed by atoms with Crippen LogP contribution in [0.1, 0.15) is 28.0 Å². The van der Waals surface area contributed by atoms with Gasteiger partial charge < -0.3 is 15.2 Å². The zero-order valence-electron chi connectivity index (χ0n) is 7.92. The number of hydrogen-bond acceptors (Lipinski definition) is 5. The minimum atomic E-state index is -3.20. The summed E-state index contributed by atoms with van der Waals surface area (Å²) in [6, 6.07) is 1.66. The highest BCUT2D eigenvalue weighted by atomic mass is 19.3. The van der Waals surface area contributed by atoms with E-state index in [1.54, 1.807) is 0 Å². The summed E-state index contributed by atoms with van der Waals surface area (Å²) in [5, 5.41) is 27.6. The van der Waals surface area contributed by atoms with Crippen molar-refractivity contribution in [2.45, 2.75) is 6.43 Å². The molecule has 0 amide bonds. The molecule has 88 valence electrons. The van der Waals surface area contributed by atoms with E-state index >= 15 is 0 Å². The van der Waals surface area contributed by atoms with Crippen molar-refractivity contribution >= 4 is 11.8 Å².